The summed E-state index contributed by atoms with van der Waals surface area (Å²) < 4.78 is 0. The number of carbonyl (C=O) groups excluding carboxylic acids is 2. The van der Waals surface area contributed by atoms with E-state index in [0.717, 1.165) is 11.1 Å². The summed E-state index contributed by atoms with van der Waals surface area (Å²) in [5, 5.41) is 15.2. The van der Waals surface area contributed by atoms with Crippen LogP contribution < -0.4 is 10.6 Å². The van der Waals surface area contributed by atoms with Gasteiger partial charge in [-0.3, -0.25) is 9.59 Å². The number of anilines is 1. The van der Waals surface area contributed by atoms with Gasteiger partial charge in [-0.25, -0.2) is 0 Å². The highest BCUT2D eigenvalue weighted by atomic mass is 35.5. The van der Waals surface area contributed by atoms with Crippen molar-refractivity contribution in [3.05, 3.63) is 95.0 Å². The highest BCUT2D eigenvalue weighted by Gasteiger charge is 2.22. The zero-order valence-electron chi connectivity index (χ0n) is 14.2. The molecular formula is C21H17ClN2O3. The van der Waals surface area contributed by atoms with E-state index in [9.17, 15) is 14.7 Å². The van der Waals surface area contributed by atoms with Crippen LogP contribution in [-0.2, 0) is 9.59 Å². The maximum atomic E-state index is 12.5. The number of phenolic OH excluding ortho intramolecular Hbond substituents is 1. The Bertz CT molecular complexity index is 907. The third-order valence-electron chi connectivity index (χ3n) is 3.95. The predicted molar refractivity (Wildman–Crippen MR) is 105 cm³/mol. The first-order valence-electron chi connectivity index (χ1n) is 8.25. The van der Waals surface area contributed by atoms with Crippen LogP contribution in [0.2, 0.25) is 5.02 Å². The quantitative estimate of drug-likeness (QED) is 0.474. The molecule has 3 aromatic rings. The summed E-state index contributed by atoms with van der Waals surface area (Å²) in [4.78, 5) is 24.8. The van der Waals surface area contributed by atoms with Gasteiger partial charge in [0, 0.05) is 5.02 Å². The molecule has 0 aliphatic heterocycles. The predicted octanol–water partition coefficient (Wildman–Crippen LogP) is 3.89. The molecule has 0 atom stereocenters. The van der Waals surface area contributed by atoms with Crippen molar-refractivity contribution in [1.29, 1.82) is 0 Å². The van der Waals surface area contributed by atoms with E-state index < -0.39 is 17.9 Å². The topological polar surface area (TPSA) is 78.4 Å². The summed E-state index contributed by atoms with van der Waals surface area (Å²) in [7, 11) is 0. The van der Waals surface area contributed by atoms with Crippen molar-refractivity contribution < 1.29 is 14.7 Å². The van der Waals surface area contributed by atoms with Crippen LogP contribution in [0, 0.1) is 0 Å². The van der Waals surface area contributed by atoms with Gasteiger partial charge in [0.05, 0.1) is 11.7 Å². The molecule has 0 fully saturated rings. The Morgan fingerprint density at radius 3 is 1.93 bits per heavy atom. The Morgan fingerprint density at radius 2 is 1.37 bits per heavy atom. The van der Waals surface area contributed by atoms with Crippen LogP contribution >= 0.6 is 11.6 Å². The minimum Gasteiger partial charge on any atom is -0.506 e. The zero-order chi connectivity index (χ0) is 19.2. The van der Waals surface area contributed by atoms with Crippen molar-refractivity contribution in [2.24, 2.45) is 0 Å². The van der Waals surface area contributed by atoms with Crippen LogP contribution in [0.3, 0.4) is 0 Å². The third kappa shape index (κ3) is 4.65. The number of halogens is 1. The lowest BCUT2D eigenvalue weighted by Gasteiger charge is -2.19. The van der Waals surface area contributed by atoms with E-state index in [4.69, 9.17) is 11.6 Å². The molecular weight excluding hydrogens is 364 g/mol. The van der Waals surface area contributed by atoms with Crippen LogP contribution in [-0.4, -0.2) is 16.9 Å². The molecule has 136 valence electrons. The summed E-state index contributed by atoms with van der Waals surface area (Å²) in [6, 6.07) is 22.4. The van der Waals surface area contributed by atoms with Crippen LogP contribution in [0.4, 0.5) is 5.69 Å². The molecule has 0 heterocycles. The van der Waals surface area contributed by atoms with Gasteiger partial charge >= 0.3 is 11.8 Å². The summed E-state index contributed by atoms with van der Waals surface area (Å²) in [6.07, 6.45) is 0. The lowest BCUT2D eigenvalue weighted by Crippen LogP contribution is -2.38. The number of carbonyl (C=O) groups is 2. The molecule has 0 unspecified atom stereocenters. The average Bonchev–Trinajstić information content (AvgIpc) is 2.70. The van der Waals surface area contributed by atoms with Crippen molar-refractivity contribution in [1.82, 2.24) is 5.32 Å². The van der Waals surface area contributed by atoms with E-state index in [1.54, 1.807) is 0 Å². The van der Waals surface area contributed by atoms with Gasteiger partial charge in [-0.2, -0.15) is 0 Å². The number of amides is 2. The fraction of sp³-hybridized carbons (Fsp3) is 0.0476. The Morgan fingerprint density at radius 1 is 0.815 bits per heavy atom. The first-order valence-corrected chi connectivity index (χ1v) is 8.62. The number of hydrogen-bond donors (Lipinski definition) is 3. The minimum absolute atomic E-state index is 0.0682. The van der Waals surface area contributed by atoms with Crippen LogP contribution in [0.15, 0.2) is 78.9 Å². The molecule has 0 saturated carbocycles. The zero-order valence-corrected chi connectivity index (χ0v) is 15.0. The SMILES string of the molecule is O=C(Nc1cc(Cl)ccc1O)C(=O)NC(c1ccccc1)c1ccccc1. The van der Waals surface area contributed by atoms with Crippen molar-refractivity contribution in [3.8, 4) is 5.75 Å². The van der Waals surface area contributed by atoms with Gasteiger partial charge in [-0.1, -0.05) is 72.3 Å². The van der Waals surface area contributed by atoms with Gasteiger partial charge in [-0.15, -0.1) is 0 Å². The molecule has 3 N–H and O–H groups in total. The number of aromatic hydroxyl groups is 1. The summed E-state index contributed by atoms with van der Waals surface area (Å²) in [6.45, 7) is 0. The first-order chi connectivity index (χ1) is 13.0. The van der Waals surface area contributed by atoms with Gasteiger partial charge in [-0.05, 0) is 29.3 Å². The number of benzene rings is 3. The lowest BCUT2D eigenvalue weighted by molar-refractivity contribution is -0.136. The number of rotatable bonds is 4. The normalized spacial score (nSPS) is 10.4. The van der Waals surface area contributed by atoms with E-state index in [1.807, 2.05) is 60.7 Å². The van der Waals surface area contributed by atoms with Crippen LogP contribution in [0.1, 0.15) is 17.2 Å². The first kappa shape index (κ1) is 18.5. The standard InChI is InChI=1S/C21H17ClN2O3/c22-16-11-12-18(25)17(13-16)23-20(26)21(27)24-19(14-7-3-1-4-8-14)15-9-5-2-6-10-15/h1-13,19,25H,(H,23,26)(H,24,27). The Labute approximate surface area is 161 Å². The average molecular weight is 381 g/mol. The van der Waals surface area contributed by atoms with Gasteiger partial charge < -0.3 is 15.7 Å². The second kappa shape index (κ2) is 8.38. The van der Waals surface area contributed by atoms with Gasteiger partial charge in [0.1, 0.15) is 5.75 Å². The third-order valence-corrected chi connectivity index (χ3v) is 4.19. The maximum absolute atomic E-state index is 12.5. The van der Waals surface area contributed by atoms with E-state index in [0.29, 0.717) is 5.02 Å². The lowest BCUT2D eigenvalue weighted by atomic mass is 9.99. The van der Waals surface area contributed by atoms with Gasteiger partial charge in [0.25, 0.3) is 0 Å². The molecule has 0 radical (unpaired) electrons. The highest BCUT2D eigenvalue weighted by molar-refractivity contribution is 6.40. The van der Waals surface area contributed by atoms with Gasteiger partial charge in [0.2, 0.25) is 0 Å². The van der Waals surface area contributed by atoms with Crippen LogP contribution in [0.5, 0.6) is 5.75 Å². The molecule has 0 aliphatic rings. The van der Waals surface area contributed by atoms with Gasteiger partial charge in [0.15, 0.2) is 0 Å². The van der Waals surface area contributed by atoms with Crippen molar-refractivity contribution >= 4 is 29.1 Å². The number of phenols is 1. The Balaban J connectivity index is 1.80. The summed E-state index contributed by atoms with van der Waals surface area (Å²) >= 11 is 5.86. The van der Waals surface area contributed by atoms with E-state index in [2.05, 4.69) is 10.6 Å². The summed E-state index contributed by atoms with van der Waals surface area (Å²) in [5.74, 6) is -1.90. The van der Waals surface area contributed by atoms with E-state index in [-0.39, 0.29) is 11.4 Å². The summed E-state index contributed by atoms with van der Waals surface area (Å²) in [5.41, 5.74) is 1.75. The molecule has 3 aromatic carbocycles. The second-order valence-corrected chi connectivity index (χ2v) is 6.28. The fourth-order valence-corrected chi connectivity index (χ4v) is 2.81. The molecule has 6 heteroatoms. The molecule has 2 amide bonds. The highest BCUT2D eigenvalue weighted by Crippen LogP contribution is 2.26. The van der Waals surface area contributed by atoms with Crippen molar-refractivity contribution in [2.45, 2.75) is 6.04 Å². The smallest absolute Gasteiger partial charge is 0.313 e. The van der Waals surface area contributed by atoms with E-state index in [1.165, 1.54) is 18.2 Å². The molecule has 0 aromatic heterocycles. The monoisotopic (exact) mass is 380 g/mol. The van der Waals surface area contributed by atoms with Crippen LogP contribution in [0.25, 0.3) is 0 Å². The Kier molecular flexibility index (Phi) is 5.74. The molecule has 0 bridgehead atoms. The van der Waals surface area contributed by atoms with Crippen molar-refractivity contribution in [3.63, 3.8) is 0 Å². The fourth-order valence-electron chi connectivity index (χ4n) is 2.63. The molecule has 3 rings (SSSR count). The second-order valence-electron chi connectivity index (χ2n) is 5.84. The number of hydrogen-bond acceptors (Lipinski definition) is 3. The number of nitrogens with one attached hydrogen (secondary N) is 2. The minimum atomic E-state index is -0.899. The largest absolute Gasteiger partial charge is 0.506 e. The molecule has 5 nitrogen and oxygen atoms in total. The van der Waals surface area contributed by atoms with E-state index >= 15 is 0 Å². The van der Waals surface area contributed by atoms with Crippen molar-refractivity contribution in [2.75, 3.05) is 5.32 Å². The Hall–Kier alpha value is -3.31. The maximum Gasteiger partial charge on any atom is 0.313 e. The molecule has 0 aliphatic carbocycles. The molecule has 0 saturated heterocycles. The molecule has 27 heavy (non-hydrogen) atoms. The molecule has 0 spiro atoms.